The van der Waals surface area contributed by atoms with E-state index in [9.17, 15) is 13.2 Å². The maximum atomic E-state index is 13.2. The Kier molecular flexibility index (Phi) is 3.54. The van der Waals surface area contributed by atoms with Crippen LogP contribution in [-0.4, -0.2) is 17.6 Å². The van der Waals surface area contributed by atoms with E-state index in [0.717, 1.165) is 23.9 Å². The molecule has 0 aliphatic carbocycles. The standard InChI is InChI=1S/C14H14BrF3N2/c15-8-3-4-10-11(7-9-2-1-5-19-9)13(14(16,17)18)20-12(10)6-8/h3-4,6,9,19-20H,1-2,5,7H2. The Bertz CT molecular complexity index is 627. The summed E-state index contributed by atoms with van der Waals surface area (Å²) in [5, 5.41) is 3.92. The molecule has 0 saturated carbocycles. The first kappa shape index (κ1) is 13.9. The van der Waals surface area contributed by atoms with E-state index in [1.54, 1.807) is 18.2 Å². The molecule has 1 unspecified atom stereocenters. The smallest absolute Gasteiger partial charge is 0.351 e. The van der Waals surface area contributed by atoms with Gasteiger partial charge in [0.1, 0.15) is 5.69 Å². The number of hydrogen-bond donors (Lipinski definition) is 2. The molecule has 1 fully saturated rings. The summed E-state index contributed by atoms with van der Waals surface area (Å²) < 4.78 is 40.4. The van der Waals surface area contributed by atoms with E-state index < -0.39 is 11.9 Å². The Balaban J connectivity index is 2.10. The van der Waals surface area contributed by atoms with Gasteiger partial charge in [0, 0.05) is 21.4 Å². The Morgan fingerprint density at radius 1 is 1.30 bits per heavy atom. The van der Waals surface area contributed by atoms with Gasteiger partial charge in [-0.25, -0.2) is 0 Å². The summed E-state index contributed by atoms with van der Waals surface area (Å²) in [7, 11) is 0. The van der Waals surface area contributed by atoms with E-state index in [0.29, 0.717) is 22.9 Å². The molecule has 1 atom stereocenters. The number of alkyl halides is 3. The summed E-state index contributed by atoms with van der Waals surface area (Å²) in [5.74, 6) is 0. The zero-order valence-corrected chi connectivity index (χ0v) is 12.2. The van der Waals surface area contributed by atoms with Gasteiger partial charge in [-0.1, -0.05) is 22.0 Å². The normalized spacial score (nSPS) is 19.9. The maximum Gasteiger partial charge on any atom is 0.431 e. The Morgan fingerprint density at radius 2 is 2.10 bits per heavy atom. The minimum atomic E-state index is -4.35. The monoisotopic (exact) mass is 346 g/mol. The number of halogens is 4. The van der Waals surface area contributed by atoms with Crippen molar-refractivity contribution in [1.29, 1.82) is 0 Å². The summed E-state index contributed by atoms with van der Waals surface area (Å²) in [6.07, 6.45) is -1.98. The van der Waals surface area contributed by atoms with Crippen molar-refractivity contribution in [3.05, 3.63) is 33.9 Å². The Morgan fingerprint density at radius 3 is 2.75 bits per heavy atom. The van der Waals surface area contributed by atoms with E-state index in [-0.39, 0.29) is 6.04 Å². The predicted molar refractivity (Wildman–Crippen MR) is 75.7 cm³/mol. The first-order chi connectivity index (χ1) is 9.45. The highest BCUT2D eigenvalue weighted by Crippen LogP contribution is 2.37. The Labute approximate surface area is 122 Å². The zero-order valence-electron chi connectivity index (χ0n) is 10.6. The third-order valence-corrected chi connectivity index (χ3v) is 4.26. The lowest BCUT2D eigenvalue weighted by atomic mass is 10.0. The highest BCUT2D eigenvalue weighted by Gasteiger charge is 2.37. The van der Waals surface area contributed by atoms with Crippen molar-refractivity contribution in [2.75, 3.05) is 6.54 Å². The minimum absolute atomic E-state index is 0.138. The molecule has 2 nitrogen and oxygen atoms in total. The molecule has 1 aliphatic rings. The minimum Gasteiger partial charge on any atom is -0.351 e. The zero-order chi connectivity index (χ0) is 14.3. The number of aromatic amines is 1. The van der Waals surface area contributed by atoms with Gasteiger partial charge >= 0.3 is 6.18 Å². The van der Waals surface area contributed by atoms with Gasteiger partial charge in [-0.05, 0) is 43.5 Å². The van der Waals surface area contributed by atoms with Gasteiger partial charge < -0.3 is 10.3 Å². The fourth-order valence-electron chi connectivity index (χ4n) is 2.86. The average molecular weight is 347 g/mol. The molecule has 108 valence electrons. The lowest BCUT2D eigenvalue weighted by Crippen LogP contribution is -2.24. The molecule has 2 heterocycles. The number of H-pyrrole nitrogens is 1. The SMILES string of the molecule is FC(F)(F)c1[nH]c2cc(Br)ccc2c1CC1CCCN1. The van der Waals surface area contributed by atoms with E-state index in [4.69, 9.17) is 0 Å². The van der Waals surface area contributed by atoms with Crippen LogP contribution in [0.5, 0.6) is 0 Å². The molecule has 6 heteroatoms. The molecule has 1 aliphatic heterocycles. The number of rotatable bonds is 2. The second kappa shape index (κ2) is 5.07. The molecule has 1 saturated heterocycles. The highest BCUT2D eigenvalue weighted by molar-refractivity contribution is 9.10. The second-order valence-corrected chi connectivity index (χ2v) is 6.08. The van der Waals surface area contributed by atoms with Gasteiger partial charge in [0.2, 0.25) is 0 Å². The van der Waals surface area contributed by atoms with E-state index >= 15 is 0 Å². The molecule has 20 heavy (non-hydrogen) atoms. The predicted octanol–water partition coefficient (Wildman–Crippen LogP) is 4.24. The van der Waals surface area contributed by atoms with Crippen LogP contribution in [-0.2, 0) is 12.6 Å². The van der Waals surface area contributed by atoms with Crippen LogP contribution in [0.15, 0.2) is 22.7 Å². The van der Waals surface area contributed by atoms with E-state index in [1.807, 2.05) is 0 Å². The van der Waals surface area contributed by atoms with Crippen LogP contribution in [0.1, 0.15) is 24.1 Å². The molecule has 0 radical (unpaired) electrons. The van der Waals surface area contributed by atoms with Crippen molar-refractivity contribution < 1.29 is 13.2 Å². The molecule has 2 N–H and O–H groups in total. The van der Waals surface area contributed by atoms with Gasteiger partial charge in [-0.3, -0.25) is 0 Å². The fraction of sp³-hybridized carbons (Fsp3) is 0.429. The van der Waals surface area contributed by atoms with Gasteiger partial charge in [0.05, 0.1) is 0 Å². The first-order valence-electron chi connectivity index (χ1n) is 6.56. The van der Waals surface area contributed by atoms with Gasteiger partial charge in [-0.2, -0.15) is 13.2 Å². The number of nitrogens with one attached hydrogen (secondary N) is 2. The molecule has 2 aromatic rings. The second-order valence-electron chi connectivity index (χ2n) is 5.16. The van der Waals surface area contributed by atoms with Gasteiger partial charge in [0.25, 0.3) is 0 Å². The van der Waals surface area contributed by atoms with Crippen LogP contribution in [0, 0.1) is 0 Å². The highest BCUT2D eigenvalue weighted by atomic mass is 79.9. The quantitative estimate of drug-likeness (QED) is 0.836. The summed E-state index contributed by atoms with van der Waals surface area (Å²) in [4.78, 5) is 2.54. The third kappa shape index (κ3) is 2.59. The van der Waals surface area contributed by atoms with Gasteiger partial charge in [0.15, 0.2) is 0 Å². The molecule has 3 rings (SSSR count). The number of hydrogen-bond acceptors (Lipinski definition) is 1. The van der Waals surface area contributed by atoms with Crippen molar-refractivity contribution in [1.82, 2.24) is 10.3 Å². The van der Waals surface area contributed by atoms with Crippen LogP contribution in [0.25, 0.3) is 10.9 Å². The first-order valence-corrected chi connectivity index (χ1v) is 7.35. The molecule has 0 amide bonds. The molecular formula is C14H14BrF3N2. The Hall–Kier alpha value is -1.01. The van der Waals surface area contributed by atoms with E-state index in [1.165, 1.54) is 0 Å². The number of aromatic nitrogens is 1. The molecule has 0 spiro atoms. The van der Waals surface area contributed by atoms with Crippen molar-refractivity contribution in [3.8, 4) is 0 Å². The van der Waals surface area contributed by atoms with Crippen molar-refractivity contribution in [2.24, 2.45) is 0 Å². The summed E-state index contributed by atoms with van der Waals surface area (Å²) in [6.45, 7) is 0.889. The summed E-state index contributed by atoms with van der Waals surface area (Å²) >= 11 is 3.29. The van der Waals surface area contributed by atoms with Crippen LogP contribution < -0.4 is 5.32 Å². The van der Waals surface area contributed by atoms with Crippen LogP contribution in [0.4, 0.5) is 13.2 Å². The van der Waals surface area contributed by atoms with Crippen LogP contribution in [0.3, 0.4) is 0 Å². The lowest BCUT2D eigenvalue weighted by Gasteiger charge is -2.13. The van der Waals surface area contributed by atoms with Crippen LogP contribution >= 0.6 is 15.9 Å². The van der Waals surface area contributed by atoms with Crippen LogP contribution in [0.2, 0.25) is 0 Å². The molecular weight excluding hydrogens is 333 g/mol. The lowest BCUT2D eigenvalue weighted by molar-refractivity contribution is -0.141. The van der Waals surface area contributed by atoms with Crippen molar-refractivity contribution in [2.45, 2.75) is 31.5 Å². The topological polar surface area (TPSA) is 27.8 Å². The summed E-state index contributed by atoms with van der Waals surface area (Å²) in [6, 6.07) is 5.35. The molecule has 1 aromatic carbocycles. The van der Waals surface area contributed by atoms with E-state index in [2.05, 4.69) is 26.2 Å². The number of fused-ring (bicyclic) bond motifs is 1. The average Bonchev–Trinajstić information content (AvgIpc) is 2.97. The third-order valence-electron chi connectivity index (χ3n) is 3.76. The van der Waals surface area contributed by atoms with Gasteiger partial charge in [-0.15, -0.1) is 0 Å². The largest absolute Gasteiger partial charge is 0.431 e. The van der Waals surface area contributed by atoms with Crippen molar-refractivity contribution >= 4 is 26.8 Å². The maximum absolute atomic E-state index is 13.2. The van der Waals surface area contributed by atoms with Crippen molar-refractivity contribution in [3.63, 3.8) is 0 Å². The summed E-state index contributed by atoms with van der Waals surface area (Å²) in [5.41, 5.74) is 0.290. The molecule has 0 bridgehead atoms. The fourth-order valence-corrected chi connectivity index (χ4v) is 3.22. The number of benzene rings is 1. The molecule has 1 aromatic heterocycles.